The number of nitrogens with zero attached hydrogens (tertiary/aromatic N) is 1. The molecule has 0 unspecified atom stereocenters. The molecule has 0 bridgehead atoms. The number of aliphatic hydroxyl groups is 4. The van der Waals surface area contributed by atoms with E-state index in [9.17, 15) is 43.2 Å². The van der Waals surface area contributed by atoms with Crippen molar-refractivity contribution in [1.82, 2.24) is 20.3 Å². The maximum absolute atomic E-state index is 14.2. The van der Waals surface area contributed by atoms with Gasteiger partial charge >= 0.3 is 0 Å². The number of amides is 3. The minimum atomic E-state index is -4.54. The lowest BCUT2D eigenvalue weighted by Gasteiger charge is -2.40. The van der Waals surface area contributed by atoms with Crippen LogP contribution < -0.4 is 25.8 Å². The summed E-state index contributed by atoms with van der Waals surface area (Å²) in [6.07, 6.45) is -6.72. The third kappa shape index (κ3) is 10.4. The van der Waals surface area contributed by atoms with Crippen molar-refractivity contribution in [3.8, 4) is 5.75 Å². The summed E-state index contributed by atoms with van der Waals surface area (Å²) in [5.74, 6) is -2.12. The largest absolute Gasteiger partial charge is 0.496 e. The second-order valence-corrected chi connectivity index (χ2v) is 15.1. The molecule has 0 aromatic heterocycles. The summed E-state index contributed by atoms with van der Waals surface area (Å²) in [7, 11) is -3.09. The van der Waals surface area contributed by atoms with Crippen LogP contribution in [-0.2, 0) is 35.6 Å². The molecule has 10 N–H and O–H groups in total. The van der Waals surface area contributed by atoms with Gasteiger partial charge in [-0.05, 0) is 68.4 Å². The molecule has 2 aromatic rings. The highest BCUT2D eigenvalue weighted by Crippen LogP contribution is 2.31. The van der Waals surface area contributed by atoms with Gasteiger partial charge in [0.25, 0.3) is 0 Å². The first-order chi connectivity index (χ1) is 25.0. The number of carbonyl (C=O) groups is 3. The Morgan fingerprint density at radius 3 is 2.20 bits per heavy atom. The van der Waals surface area contributed by atoms with Crippen molar-refractivity contribution in [2.75, 3.05) is 26.8 Å². The average molecular weight is 799 g/mol. The summed E-state index contributed by atoms with van der Waals surface area (Å²) in [6, 6.07) is 5.05. The van der Waals surface area contributed by atoms with Crippen molar-refractivity contribution >= 4 is 46.0 Å². The van der Waals surface area contributed by atoms with Gasteiger partial charge in [-0.25, -0.2) is 8.42 Å². The van der Waals surface area contributed by atoms with E-state index in [0.717, 1.165) is 19.3 Å². The first-order valence-electron chi connectivity index (χ1n) is 17.3. The van der Waals surface area contributed by atoms with Crippen LogP contribution in [-0.4, -0.2) is 127 Å². The SMILES string of the molecule is COc1cc(C)c(S(=O)(=O)N[C@@H](CC(=O)N[C@@H]2O[C@H](CO)[C@H](O)[C@H](O)[C@H]2O)C(=O)N[C@H](Cc2ccc(C(=N)N)cc2)C(=O)N2CCCCC2)c(C)c1C.Cl. The van der Waals surface area contributed by atoms with Crippen LogP contribution in [0.5, 0.6) is 5.75 Å². The Kier molecular flexibility index (Phi) is 15.8. The number of rotatable bonds is 14. The van der Waals surface area contributed by atoms with E-state index in [-0.39, 0.29) is 29.6 Å². The molecule has 0 saturated carbocycles. The van der Waals surface area contributed by atoms with Crippen LogP contribution in [0.4, 0.5) is 0 Å². The van der Waals surface area contributed by atoms with Crippen LogP contribution in [0.2, 0.25) is 0 Å². The Hall–Kier alpha value is -3.88. The molecular weight excluding hydrogens is 748 g/mol. The van der Waals surface area contributed by atoms with E-state index in [1.807, 2.05) is 0 Å². The lowest BCUT2D eigenvalue weighted by Crippen LogP contribution is -2.63. The fourth-order valence-corrected chi connectivity index (χ4v) is 8.29. The average Bonchev–Trinajstić information content (AvgIpc) is 3.12. The zero-order valence-corrected chi connectivity index (χ0v) is 32.2. The zero-order valence-electron chi connectivity index (χ0n) is 30.6. The second kappa shape index (κ2) is 19.1. The number of halogens is 1. The monoisotopic (exact) mass is 798 g/mol. The molecule has 2 fully saturated rings. The minimum absolute atomic E-state index is 0. The molecule has 17 nitrogen and oxygen atoms in total. The van der Waals surface area contributed by atoms with Gasteiger partial charge in [0.2, 0.25) is 27.7 Å². The highest BCUT2D eigenvalue weighted by Gasteiger charge is 2.44. The molecule has 19 heteroatoms. The molecule has 2 heterocycles. The van der Waals surface area contributed by atoms with Crippen molar-refractivity contribution in [2.24, 2.45) is 5.73 Å². The Bertz CT molecular complexity index is 1770. The number of nitrogens with one attached hydrogen (secondary N) is 4. The first-order valence-corrected chi connectivity index (χ1v) is 18.8. The van der Waals surface area contributed by atoms with E-state index in [1.54, 1.807) is 49.9 Å². The van der Waals surface area contributed by atoms with Gasteiger partial charge in [0.05, 0.1) is 25.0 Å². The number of piperidine rings is 1. The highest BCUT2D eigenvalue weighted by atomic mass is 35.5. The van der Waals surface area contributed by atoms with Crippen molar-refractivity contribution in [1.29, 1.82) is 5.41 Å². The number of nitrogens with two attached hydrogens (primary N) is 1. The van der Waals surface area contributed by atoms with Gasteiger partial charge in [-0.1, -0.05) is 24.3 Å². The van der Waals surface area contributed by atoms with E-state index in [4.69, 9.17) is 20.6 Å². The van der Waals surface area contributed by atoms with Crippen molar-refractivity contribution in [2.45, 2.75) is 100 Å². The van der Waals surface area contributed by atoms with E-state index in [0.29, 0.717) is 46.7 Å². The number of aryl methyl sites for hydroxylation is 1. The van der Waals surface area contributed by atoms with Crippen LogP contribution in [0.3, 0.4) is 0 Å². The summed E-state index contributed by atoms with van der Waals surface area (Å²) in [5.41, 5.74) is 7.83. The van der Waals surface area contributed by atoms with Gasteiger partial charge in [-0.3, -0.25) is 19.8 Å². The number of hydrogen-bond donors (Lipinski definition) is 9. The smallest absolute Gasteiger partial charge is 0.245 e. The normalized spacial score (nSPS) is 22.7. The molecule has 2 saturated heterocycles. The number of carbonyl (C=O) groups excluding carboxylic acids is 3. The van der Waals surface area contributed by atoms with Crippen molar-refractivity contribution in [3.63, 3.8) is 0 Å². The minimum Gasteiger partial charge on any atom is -0.496 e. The van der Waals surface area contributed by atoms with E-state index in [1.165, 1.54) is 13.2 Å². The van der Waals surface area contributed by atoms with Crippen LogP contribution in [0.15, 0.2) is 35.2 Å². The van der Waals surface area contributed by atoms with Crippen molar-refractivity contribution in [3.05, 3.63) is 58.1 Å². The quantitative estimate of drug-likeness (QED) is 0.0825. The van der Waals surface area contributed by atoms with Crippen LogP contribution in [0, 0.1) is 26.2 Å². The molecule has 300 valence electrons. The van der Waals surface area contributed by atoms with Crippen molar-refractivity contribution < 1.29 is 52.7 Å². The number of likely N-dealkylation sites (tertiary alicyclic amines) is 1. The number of ether oxygens (including phenoxy) is 2. The Labute approximate surface area is 320 Å². The number of nitrogen functional groups attached to an aromatic ring is 1. The predicted molar refractivity (Wildman–Crippen MR) is 199 cm³/mol. The number of benzene rings is 2. The zero-order chi connectivity index (χ0) is 39.2. The van der Waals surface area contributed by atoms with E-state index < -0.39 is 83.5 Å². The molecule has 4 rings (SSSR count). The summed E-state index contributed by atoms with van der Waals surface area (Å²) in [4.78, 5) is 43.0. The molecule has 0 aliphatic carbocycles. The van der Waals surface area contributed by atoms with E-state index in [2.05, 4.69) is 15.4 Å². The molecule has 7 atom stereocenters. The Balaban J connectivity index is 0.00000784. The van der Waals surface area contributed by atoms with Crippen LogP contribution in [0.1, 0.15) is 53.5 Å². The van der Waals surface area contributed by atoms with E-state index >= 15 is 0 Å². The number of hydrogen-bond acceptors (Lipinski definition) is 12. The molecular formula is C35H51ClN6O11S. The van der Waals surface area contributed by atoms with Gasteiger partial charge < -0.3 is 51.2 Å². The van der Waals surface area contributed by atoms with Gasteiger partial charge in [0, 0.05) is 25.1 Å². The number of amidine groups is 1. The standard InChI is InChI=1S/C35H50N6O11S.ClH/c1-18-14-25(51-4)19(2)20(3)31(18)53(49,50)40-23(16-27(43)39-34-30(46)29(45)28(44)26(17-42)52-34)33(47)38-24(35(48)41-12-6-5-7-13-41)15-21-8-10-22(11-9-21)32(36)37;/h8-11,14,23-24,26,28-30,34,40,42,44-46H,5-7,12-13,15-17H2,1-4H3,(H3,36,37)(H,38,47)(H,39,43);1H/t23-,24+,26+,28-,29-,30+,34+;/m0./s1. The van der Waals surface area contributed by atoms with Crippen LogP contribution >= 0.6 is 12.4 Å². The summed E-state index contributed by atoms with van der Waals surface area (Å²) >= 11 is 0. The topological polar surface area (TPSA) is 274 Å². The highest BCUT2D eigenvalue weighted by molar-refractivity contribution is 7.89. The fourth-order valence-electron chi connectivity index (χ4n) is 6.57. The molecule has 2 aromatic carbocycles. The predicted octanol–water partition coefficient (Wildman–Crippen LogP) is -0.981. The summed E-state index contributed by atoms with van der Waals surface area (Å²) in [6.45, 7) is 4.96. The van der Waals surface area contributed by atoms with Gasteiger partial charge in [-0.2, -0.15) is 4.72 Å². The lowest BCUT2D eigenvalue weighted by molar-refractivity contribution is -0.236. The van der Waals surface area contributed by atoms with Gasteiger partial charge in [0.15, 0.2) is 6.23 Å². The molecule has 2 aliphatic rings. The molecule has 2 aliphatic heterocycles. The van der Waals surface area contributed by atoms with Gasteiger partial charge in [-0.15, -0.1) is 12.4 Å². The molecule has 0 spiro atoms. The third-order valence-corrected chi connectivity index (χ3v) is 11.4. The number of methoxy groups -OCH3 is 1. The third-order valence-electron chi connectivity index (χ3n) is 9.65. The summed E-state index contributed by atoms with van der Waals surface area (Å²) in [5, 5.41) is 53.0. The maximum Gasteiger partial charge on any atom is 0.245 e. The molecule has 3 amide bonds. The Morgan fingerprint density at radius 1 is 1.00 bits per heavy atom. The first kappa shape index (κ1) is 44.5. The number of sulfonamides is 1. The molecule has 54 heavy (non-hydrogen) atoms. The van der Waals surface area contributed by atoms with Gasteiger partial charge in [0.1, 0.15) is 48.1 Å². The number of aliphatic hydroxyl groups excluding tert-OH is 4. The lowest BCUT2D eigenvalue weighted by atomic mass is 9.98. The Morgan fingerprint density at radius 2 is 1.63 bits per heavy atom. The van der Waals surface area contributed by atoms with Crippen LogP contribution in [0.25, 0.3) is 0 Å². The summed E-state index contributed by atoms with van der Waals surface area (Å²) < 4.78 is 41.2. The second-order valence-electron chi connectivity index (χ2n) is 13.4. The fraction of sp³-hybridized carbons (Fsp3) is 0.543. The molecule has 0 radical (unpaired) electrons. The maximum atomic E-state index is 14.2.